The SMILES string of the molecule is O=C(O)C1CCN(c2nc(-c3ccc(-c4cnco4)cc3)c(-c3ccccc3)o2)CC1. The Kier molecular flexibility index (Phi) is 5.00. The summed E-state index contributed by atoms with van der Waals surface area (Å²) >= 11 is 0. The van der Waals surface area contributed by atoms with Gasteiger partial charge in [0.1, 0.15) is 5.69 Å². The van der Waals surface area contributed by atoms with Crippen molar-refractivity contribution in [2.75, 3.05) is 18.0 Å². The molecule has 0 saturated carbocycles. The summed E-state index contributed by atoms with van der Waals surface area (Å²) in [6, 6.07) is 18.3. The molecule has 0 amide bonds. The van der Waals surface area contributed by atoms with Crippen molar-refractivity contribution in [3.05, 3.63) is 67.2 Å². The zero-order valence-electron chi connectivity index (χ0n) is 16.8. The van der Waals surface area contributed by atoms with E-state index in [2.05, 4.69) is 4.98 Å². The largest absolute Gasteiger partial charge is 0.481 e. The molecule has 2 aromatic carbocycles. The standard InChI is InChI=1S/C24H21N3O4/c28-23(29)19-10-12-27(13-11-19)24-26-21(22(31-24)18-4-2-1-3-5-18)17-8-6-16(7-9-17)20-14-25-15-30-20/h1-9,14-15,19H,10-13H2,(H,28,29). The molecule has 0 atom stereocenters. The molecular formula is C24H21N3O4. The quantitative estimate of drug-likeness (QED) is 0.492. The Morgan fingerprint density at radius 1 is 0.968 bits per heavy atom. The van der Waals surface area contributed by atoms with Gasteiger partial charge in [0.25, 0.3) is 6.01 Å². The minimum atomic E-state index is -0.732. The fraction of sp³-hybridized carbons (Fsp3) is 0.208. The number of oxazole rings is 2. The van der Waals surface area contributed by atoms with Gasteiger partial charge in [-0.3, -0.25) is 4.79 Å². The van der Waals surface area contributed by atoms with E-state index in [0.29, 0.717) is 43.5 Å². The first-order valence-corrected chi connectivity index (χ1v) is 10.2. The molecular weight excluding hydrogens is 394 g/mol. The molecule has 5 rings (SSSR count). The maximum atomic E-state index is 11.3. The number of nitrogens with zero attached hydrogens (tertiary/aromatic N) is 3. The number of anilines is 1. The number of carboxylic acid groups (broad SMARTS) is 1. The molecule has 1 saturated heterocycles. The molecule has 1 N–H and O–H groups in total. The van der Waals surface area contributed by atoms with Crippen molar-refractivity contribution >= 4 is 12.0 Å². The van der Waals surface area contributed by atoms with Crippen LogP contribution in [0.25, 0.3) is 33.9 Å². The fourth-order valence-corrected chi connectivity index (χ4v) is 3.89. The van der Waals surface area contributed by atoms with Crippen LogP contribution in [-0.4, -0.2) is 34.1 Å². The Morgan fingerprint density at radius 2 is 1.68 bits per heavy atom. The summed E-state index contributed by atoms with van der Waals surface area (Å²) in [4.78, 5) is 22.1. The minimum absolute atomic E-state index is 0.303. The molecule has 7 heteroatoms. The molecule has 1 aliphatic rings. The van der Waals surface area contributed by atoms with Gasteiger partial charge < -0.3 is 18.8 Å². The molecule has 2 aromatic heterocycles. The van der Waals surface area contributed by atoms with E-state index >= 15 is 0 Å². The first kappa shape index (κ1) is 19.1. The van der Waals surface area contributed by atoms with E-state index in [1.54, 1.807) is 6.20 Å². The average Bonchev–Trinajstić information content (AvgIpc) is 3.51. The summed E-state index contributed by atoms with van der Waals surface area (Å²) in [5, 5.41) is 9.26. The summed E-state index contributed by atoms with van der Waals surface area (Å²) in [6.07, 6.45) is 4.26. The van der Waals surface area contributed by atoms with Gasteiger partial charge in [0.15, 0.2) is 17.9 Å². The lowest BCUT2D eigenvalue weighted by Crippen LogP contribution is -2.36. The van der Waals surface area contributed by atoms with Gasteiger partial charge in [-0.25, -0.2) is 4.98 Å². The number of rotatable bonds is 5. The van der Waals surface area contributed by atoms with Crippen molar-refractivity contribution in [1.29, 1.82) is 0 Å². The third-order valence-corrected chi connectivity index (χ3v) is 5.64. The van der Waals surface area contributed by atoms with Crippen LogP contribution in [0.4, 0.5) is 6.01 Å². The Morgan fingerprint density at radius 3 is 2.32 bits per heavy atom. The zero-order valence-corrected chi connectivity index (χ0v) is 16.8. The Labute approximate surface area is 179 Å². The van der Waals surface area contributed by atoms with E-state index in [-0.39, 0.29) is 5.92 Å². The molecule has 7 nitrogen and oxygen atoms in total. The molecule has 1 fully saturated rings. The number of aliphatic carboxylic acids is 1. The lowest BCUT2D eigenvalue weighted by Gasteiger charge is -2.28. The molecule has 31 heavy (non-hydrogen) atoms. The highest BCUT2D eigenvalue weighted by Gasteiger charge is 2.28. The number of benzene rings is 2. The molecule has 0 radical (unpaired) electrons. The lowest BCUT2D eigenvalue weighted by atomic mass is 9.97. The molecule has 0 bridgehead atoms. The van der Waals surface area contributed by atoms with Crippen LogP contribution >= 0.6 is 0 Å². The normalized spacial score (nSPS) is 14.6. The van der Waals surface area contributed by atoms with Crippen LogP contribution in [0.2, 0.25) is 0 Å². The number of carboxylic acids is 1. The topological polar surface area (TPSA) is 92.6 Å². The van der Waals surface area contributed by atoms with Crippen LogP contribution < -0.4 is 4.90 Å². The van der Waals surface area contributed by atoms with E-state index in [1.165, 1.54) is 6.39 Å². The van der Waals surface area contributed by atoms with E-state index in [9.17, 15) is 9.90 Å². The summed E-state index contributed by atoms with van der Waals surface area (Å²) < 4.78 is 11.6. The Bertz CT molecular complexity index is 1160. The predicted molar refractivity (Wildman–Crippen MR) is 115 cm³/mol. The fourth-order valence-electron chi connectivity index (χ4n) is 3.89. The van der Waals surface area contributed by atoms with Crippen LogP contribution in [-0.2, 0) is 4.79 Å². The number of aromatic nitrogens is 2. The van der Waals surface area contributed by atoms with Gasteiger partial charge in [0.2, 0.25) is 0 Å². The van der Waals surface area contributed by atoms with Gasteiger partial charge in [-0.1, -0.05) is 54.6 Å². The maximum Gasteiger partial charge on any atom is 0.306 e. The predicted octanol–water partition coefficient (Wildman–Crippen LogP) is 4.96. The Hall–Kier alpha value is -3.87. The lowest BCUT2D eigenvalue weighted by molar-refractivity contribution is -0.142. The molecule has 0 unspecified atom stereocenters. The molecule has 4 aromatic rings. The molecule has 0 spiro atoms. The number of piperidine rings is 1. The van der Waals surface area contributed by atoms with Crippen molar-refractivity contribution in [1.82, 2.24) is 9.97 Å². The van der Waals surface area contributed by atoms with Gasteiger partial charge in [0.05, 0.1) is 12.1 Å². The highest BCUT2D eigenvalue weighted by molar-refractivity contribution is 5.79. The van der Waals surface area contributed by atoms with E-state index in [1.807, 2.05) is 59.5 Å². The molecule has 0 aliphatic carbocycles. The number of hydrogen-bond acceptors (Lipinski definition) is 6. The summed E-state index contributed by atoms with van der Waals surface area (Å²) in [6.45, 7) is 1.21. The van der Waals surface area contributed by atoms with Crippen LogP contribution in [0.5, 0.6) is 0 Å². The zero-order chi connectivity index (χ0) is 21.2. The molecule has 1 aliphatic heterocycles. The van der Waals surface area contributed by atoms with Crippen LogP contribution in [0.15, 0.2) is 76.0 Å². The second-order valence-electron chi connectivity index (χ2n) is 7.58. The van der Waals surface area contributed by atoms with Gasteiger partial charge in [-0.15, -0.1) is 0 Å². The van der Waals surface area contributed by atoms with Crippen LogP contribution in [0.3, 0.4) is 0 Å². The smallest absolute Gasteiger partial charge is 0.306 e. The molecule has 3 heterocycles. The van der Waals surface area contributed by atoms with Crippen molar-refractivity contribution in [3.8, 4) is 33.9 Å². The van der Waals surface area contributed by atoms with Crippen LogP contribution in [0, 0.1) is 5.92 Å². The van der Waals surface area contributed by atoms with Gasteiger partial charge in [-0.05, 0) is 12.8 Å². The molecule has 156 valence electrons. The summed E-state index contributed by atoms with van der Waals surface area (Å²) in [5.41, 5.74) is 3.56. The first-order chi connectivity index (χ1) is 15.2. The Balaban J connectivity index is 1.49. The highest BCUT2D eigenvalue weighted by atomic mass is 16.4. The second-order valence-corrected chi connectivity index (χ2v) is 7.58. The summed E-state index contributed by atoms with van der Waals surface area (Å²) in [5.74, 6) is 0.368. The van der Waals surface area contributed by atoms with E-state index in [0.717, 1.165) is 22.4 Å². The second kappa shape index (κ2) is 8.10. The summed E-state index contributed by atoms with van der Waals surface area (Å²) in [7, 11) is 0. The minimum Gasteiger partial charge on any atom is -0.481 e. The van der Waals surface area contributed by atoms with E-state index in [4.69, 9.17) is 13.8 Å². The van der Waals surface area contributed by atoms with Gasteiger partial charge in [-0.2, -0.15) is 4.98 Å². The number of hydrogen-bond donors (Lipinski definition) is 1. The van der Waals surface area contributed by atoms with Crippen molar-refractivity contribution < 1.29 is 18.7 Å². The first-order valence-electron chi connectivity index (χ1n) is 10.2. The van der Waals surface area contributed by atoms with Gasteiger partial charge >= 0.3 is 5.97 Å². The van der Waals surface area contributed by atoms with Gasteiger partial charge in [0, 0.05) is 29.8 Å². The van der Waals surface area contributed by atoms with Crippen molar-refractivity contribution in [2.24, 2.45) is 5.92 Å². The monoisotopic (exact) mass is 415 g/mol. The third-order valence-electron chi connectivity index (χ3n) is 5.64. The van der Waals surface area contributed by atoms with Crippen molar-refractivity contribution in [3.63, 3.8) is 0 Å². The van der Waals surface area contributed by atoms with Crippen molar-refractivity contribution in [2.45, 2.75) is 12.8 Å². The highest BCUT2D eigenvalue weighted by Crippen LogP contribution is 2.37. The maximum absolute atomic E-state index is 11.3. The third kappa shape index (κ3) is 3.82. The van der Waals surface area contributed by atoms with E-state index < -0.39 is 5.97 Å². The van der Waals surface area contributed by atoms with Crippen LogP contribution in [0.1, 0.15) is 12.8 Å². The number of carbonyl (C=O) groups is 1. The average molecular weight is 415 g/mol.